The van der Waals surface area contributed by atoms with E-state index in [1.807, 2.05) is 7.11 Å². The fourth-order valence-electron chi connectivity index (χ4n) is 1.37. The summed E-state index contributed by atoms with van der Waals surface area (Å²) in [6.07, 6.45) is 4.48. The second-order valence-electron chi connectivity index (χ2n) is 2.78. The topological polar surface area (TPSA) is 9.23 Å². The molecule has 0 saturated heterocycles. The Morgan fingerprint density at radius 2 is 2.12 bits per heavy atom. The lowest BCUT2D eigenvalue weighted by Gasteiger charge is -2.04. The van der Waals surface area contributed by atoms with Crippen LogP contribution in [0.25, 0.3) is 0 Å². The van der Waals surface area contributed by atoms with Crippen LogP contribution in [0.5, 0.6) is 0 Å². The molecule has 0 bridgehead atoms. The summed E-state index contributed by atoms with van der Waals surface area (Å²) >= 11 is 0. The van der Waals surface area contributed by atoms with Crippen molar-refractivity contribution in [2.75, 3.05) is 7.11 Å². The molecule has 1 aliphatic rings. The van der Waals surface area contributed by atoms with Crippen molar-refractivity contribution in [1.29, 1.82) is 0 Å². The number of methoxy groups -OCH3 is 1. The van der Waals surface area contributed by atoms with Crippen molar-refractivity contribution in [3.63, 3.8) is 0 Å². The minimum absolute atomic E-state index is 0.574. The maximum Gasteiger partial charge on any atom is 0.0574 e. The van der Waals surface area contributed by atoms with Crippen LogP contribution in [0.1, 0.15) is 26.2 Å². The third kappa shape index (κ3) is 1.22. The predicted octanol–water partition coefficient (Wildman–Crippen LogP) is 1.82. The van der Waals surface area contributed by atoms with Gasteiger partial charge in [0.1, 0.15) is 0 Å². The highest BCUT2D eigenvalue weighted by Crippen LogP contribution is 2.26. The van der Waals surface area contributed by atoms with Gasteiger partial charge in [-0.1, -0.05) is 6.92 Å². The molecule has 1 rings (SSSR count). The van der Waals surface area contributed by atoms with E-state index in [0.29, 0.717) is 6.10 Å². The number of hydrogen-bond acceptors (Lipinski definition) is 1. The van der Waals surface area contributed by atoms with E-state index in [2.05, 4.69) is 6.92 Å². The number of ether oxygens (including phenoxy) is 1. The summed E-state index contributed by atoms with van der Waals surface area (Å²) < 4.78 is 5.18. The van der Waals surface area contributed by atoms with Gasteiger partial charge in [-0.25, -0.2) is 0 Å². The van der Waals surface area contributed by atoms with E-state index >= 15 is 0 Å². The van der Waals surface area contributed by atoms with Crippen molar-refractivity contribution < 1.29 is 4.74 Å². The third-order valence-corrected chi connectivity index (χ3v) is 1.98. The molecule has 1 fully saturated rings. The van der Waals surface area contributed by atoms with Crippen molar-refractivity contribution >= 4 is 0 Å². The SMILES string of the molecule is CO[C@H]1CC[C@H](C)C1. The van der Waals surface area contributed by atoms with E-state index in [9.17, 15) is 0 Å². The van der Waals surface area contributed by atoms with Crippen LogP contribution in [-0.4, -0.2) is 13.2 Å². The molecule has 1 saturated carbocycles. The molecule has 0 spiro atoms. The van der Waals surface area contributed by atoms with Crippen molar-refractivity contribution in [1.82, 2.24) is 0 Å². The fourth-order valence-corrected chi connectivity index (χ4v) is 1.37. The first-order valence-corrected chi connectivity index (χ1v) is 3.35. The normalized spacial score (nSPS) is 38.2. The van der Waals surface area contributed by atoms with Crippen LogP contribution in [-0.2, 0) is 4.74 Å². The maximum atomic E-state index is 5.18. The van der Waals surface area contributed by atoms with Gasteiger partial charge in [0.05, 0.1) is 6.10 Å². The van der Waals surface area contributed by atoms with Gasteiger partial charge in [0.15, 0.2) is 0 Å². The minimum Gasteiger partial charge on any atom is -0.381 e. The van der Waals surface area contributed by atoms with E-state index in [1.165, 1.54) is 19.3 Å². The predicted molar refractivity (Wildman–Crippen MR) is 33.8 cm³/mol. The van der Waals surface area contributed by atoms with Crippen LogP contribution >= 0.6 is 0 Å². The average molecular weight is 114 g/mol. The summed E-state index contributed by atoms with van der Waals surface area (Å²) in [5, 5.41) is 0. The first-order chi connectivity index (χ1) is 3.83. The molecule has 0 unspecified atom stereocenters. The smallest absolute Gasteiger partial charge is 0.0574 e. The third-order valence-electron chi connectivity index (χ3n) is 1.98. The Kier molecular flexibility index (Phi) is 1.90. The van der Waals surface area contributed by atoms with Gasteiger partial charge in [0, 0.05) is 7.11 Å². The molecule has 0 aromatic rings. The van der Waals surface area contributed by atoms with Gasteiger partial charge in [0.2, 0.25) is 0 Å². The summed E-state index contributed by atoms with van der Waals surface area (Å²) in [5.74, 6) is 0.903. The molecular weight excluding hydrogens is 100 g/mol. The van der Waals surface area contributed by atoms with E-state index < -0.39 is 0 Å². The van der Waals surface area contributed by atoms with Crippen LogP contribution in [0.4, 0.5) is 0 Å². The van der Waals surface area contributed by atoms with Crippen molar-refractivity contribution in [2.45, 2.75) is 32.3 Å². The van der Waals surface area contributed by atoms with Gasteiger partial charge >= 0.3 is 0 Å². The van der Waals surface area contributed by atoms with Gasteiger partial charge in [-0.15, -0.1) is 0 Å². The summed E-state index contributed by atoms with van der Waals surface area (Å²) in [6, 6.07) is 0. The molecule has 0 aliphatic heterocycles. The molecule has 48 valence electrons. The van der Waals surface area contributed by atoms with E-state index in [-0.39, 0.29) is 0 Å². The Balaban J connectivity index is 2.22. The molecule has 8 heavy (non-hydrogen) atoms. The van der Waals surface area contributed by atoms with Crippen LogP contribution in [0, 0.1) is 5.92 Å². The molecule has 1 nitrogen and oxygen atoms in total. The number of rotatable bonds is 1. The van der Waals surface area contributed by atoms with Crippen LogP contribution in [0.15, 0.2) is 0 Å². The highest BCUT2D eigenvalue weighted by Gasteiger charge is 2.19. The van der Waals surface area contributed by atoms with Crippen LogP contribution < -0.4 is 0 Å². The van der Waals surface area contributed by atoms with E-state index in [0.717, 1.165) is 5.92 Å². The first kappa shape index (κ1) is 6.09. The average Bonchev–Trinajstić information content (AvgIpc) is 2.14. The molecule has 0 N–H and O–H groups in total. The minimum atomic E-state index is 0.574. The molecule has 1 heteroatoms. The Morgan fingerprint density at radius 3 is 2.38 bits per heavy atom. The zero-order chi connectivity index (χ0) is 5.98. The lowest BCUT2D eigenvalue weighted by molar-refractivity contribution is 0.106. The molecule has 0 aromatic carbocycles. The second kappa shape index (κ2) is 2.49. The molecule has 0 aromatic heterocycles. The van der Waals surface area contributed by atoms with Gasteiger partial charge in [-0.05, 0) is 25.2 Å². The molecule has 0 radical (unpaired) electrons. The Hall–Kier alpha value is -0.0400. The largest absolute Gasteiger partial charge is 0.381 e. The summed E-state index contributed by atoms with van der Waals surface area (Å²) in [5.41, 5.74) is 0. The van der Waals surface area contributed by atoms with Crippen molar-refractivity contribution in [3.8, 4) is 0 Å². The summed E-state index contributed by atoms with van der Waals surface area (Å²) in [6.45, 7) is 2.29. The molecule has 1 aliphatic carbocycles. The Bertz CT molecular complexity index is 70.8. The van der Waals surface area contributed by atoms with Gasteiger partial charge in [0.25, 0.3) is 0 Å². The van der Waals surface area contributed by atoms with Gasteiger partial charge < -0.3 is 4.74 Å². The Labute approximate surface area is 51.0 Å². The monoisotopic (exact) mass is 114 g/mol. The molecular formula is C7H14O. The van der Waals surface area contributed by atoms with Gasteiger partial charge in [-0.2, -0.15) is 0 Å². The summed E-state index contributed by atoms with van der Waals surface area (Å²) in [7, 11) is 1.81. The highest BCUT2D eigenvalue weighted by atomic mass is 16.5. The zero-order valence-electron chi connectivity index (χ0n) is 5.68. The fraction of sp³-hybridized carbons (Fsp3) is 1.00. The summed E-state index contributed by atoms with van der Waals surface area (Å²) in [4.78, 5) is 0. The van der Waals surface area contributed by atoms with E-state index in [1.54, 1.807) is 0 Å². The van der Waals surface area contributed by atoms with Crippen LogP contribution in [0.2, 0.25) is 0 Å². The van der Waals surface area contributed by atoms with Crippen LogP contribution in [0.3, 0.4) is 0 Å². The standard InChI is InChI=1S/C7H14O/c1-6-3-4-7(5-6)8-2/h6-7H,3-5H2,1-2H3/t6-,7-/m0/s1. The van der Waals surface area contributed by atoms with Gasteiger partial charge in [-0.3, -0.25) is 0 Å². The first-order valence-electron chi connectivity index (χ1n) is 3.35. The lowest BCUT2D eigenvalue weighted by Crippen LogP contribution is -2.03. The quantitative estimate of drug-likeness (QED) is 0.505. The molecule has 0 heterocycles. The second-order valence-corrected chi connectivity index (χ2v) is 2.78. The highest BCUT2D eigenvalue weighted by molar-refractivity contribution is 4.71. The molecule has 0 amide bonds. The van der Waals surface area contributed by atoms with E-state index in [4.69, 9.17) is 4.74 Å². The molecule has 2 atom stereocenters. The lowest BCUT2D eigenvalue weighted by atomic mass is 10.1. The number of hydrogen-bond donors (Lipinski definition) is 0. The zero-order valence-corrected chi connectivity index (χ0v) is 5.68. The maximum absolute atomic E-state index is 5.18. The van der Waals surface area contributed by atoms with Crippen molar-refractivity contribution in [2.24, 2.45) is 5.92 Å². The Morgan fingerprint density at radius 1 is 1.38 bits per heavy atom. The van der Waals surface area contributed by atoms with Crippen molar-refractivity contribution in [3.05, 3.63) is 0 Å².